The summed E-state index contributed by atoms with van der Waals surface area (Å²) in [7, 11) is 0. The third kappa shape index (κ3) is 2.87. The number of hydrogen-bond acceptors (Lipinski definition) is 4. The summed E-state index contributed by atoms with van der Waals surface area (Å²) in [6.45, 7) is 3.65. The van der Waals surface area contributed by atoms with Crippen LogP contribution in [0.2, 0.25) is 0 Å². The number of hydrogen-bond donors (Lipinski definition) is 2. The zero-order chi connectivity index (χ0) is 17.4. The molecule has 5 nitrogen and oxygen atoms in total. The van der Waals surface area contributed by atoms with Crippen LogP contribution < -0.4 is 4.74 Å². The molecule has 1 aromatic carbocycles. The average Bonchev–Trinajstić information content (AvgIpc) is 2.57. The SMILES string of the molecule is CC(C)(Oc1ccccc1)C(=N)N(C#N)C12CCC(O)(CC1)CC2. The summed E-state index contributed by atoms with van der Waals surface area (Å²) in [5.74, 6) is 0.866. The van der Waals surface area contributed by atoms with Gasteiger partial charge in [0.1, 0.15) is 5.75 Å². The van der Waals surface area contributed by atoms with Gasteiger partial charge in [-0.3, -0.25) is 10.3 Å². The van der Waals surface area contributed by atoms with Crippen LogP contribution in [0.5, 0.6) is 5.75 Å². The molecule has 3 saturated carbocycles. The molecule has 0 aromatic heterocycles. The third-order valence-electron chi connectivity index (χ3n) is 5.65. The number of ether oxygens (including phenoxy) is 1. The van der Waals surface area contributed by atoms with Crippen LogP contribution in [-0.4, -0.2) is 32.6 Å². The van der Waals surface area contributed by atoms with E-state index in [4.69, 9.17) is 10.1 Å². The second-order valence-corrected chi connectivity index (χ2v) is 7.66. The molecule has 0 amide bonds. The van der Waals surface area contributed by atoms with Crippen LogP contribution in [0.3, 0.4) is 0 Å². The molecule has 128 valence electrons. The molecule has 0 aliphatic heterocycles. The Labute approximate surface area is 143 Å². The number of nitrogens with one attached hydrogen (secondary N) is 1. The van der Waals surface area contributed by atoms with E-state index in [1.54, 1.807) is 4.90 Å². The molecule has 0 heterocycles. The number of nitriles is 1. The maximum Gasteiger partial charge on any atom is 0.185 e. The standard InChI is InChI=1S/C19H25N3O2/c1-17(2,24-15-6-4-3-5-7-15)16(21)22(14-20)18-8-11-19(23,12-9-18)13-10-18/h3-7,21,23H,8-13H2,1-2H3. The average molecular weight is 327 g/mol. The van der Waals surface area contributed by atoms with E-state index in [2.05, 4.69) is 6.19 Å². The molecule has 4 rings (SSSR count). The lowest BCUT2D eigenvalue weighted by Crippen LogP contribution is -2.62. The van der Waals surface area contributed by atoms with E-state index in [-0.39, 0.29) is 11.4 Å². The van der Waals surface area contributed by atoms with Crippen LogP contribution in [0.1, 0.15) is 52.4 Å². The summed E-state index contributed by atoms with van der Waals surface area (Å²) in [6, 6.07) is 9.39. The number of fused-ring (bicyclic) bond motifs is 3. The van der Waals surface area contributed by atoms with Crippen LogP contribution >= 0.6 is 0 Å². The van der Waals surface area contributed by atoms with E-state index in [0.717, 1.165) is 19.3 Å². The molecule has 0 radical (unpaired) electrons. The molecule has 0 unspecified atom stereocenters. The number of aliphatic hydroxyl groups is 1. The van der Waals surface area contributed by atoms with Gasteiger partial charge in [-0.25, -0.2) is 0 Å². The van der Waals surface area contributed by atoms with Crippen LogP contribution in [0.15, 0.2) is 30.3 Å². The maximum atomic E-state index is 10.4. The van der Waals surface area contributed by atoms with Gasteiger partial charge >= 0.3 is 0 Å². The molecule has 3 aliphatic rings. The van der Waals surface area contributed by atoms with E-state index in [1.807, 2.05) is 44.2 Å². The van der Waals surface area contributed by atoms with Crippen molar-refractivity contribution in [3.63, 3.8) is 0 Å². The largest absolute Gasteiger partial charge is 0.480 e. The number of nitrogens with zero attached hydrogens (tertiary/aromatic N) is 2. The Morgan fingerprint density at radius 3 is 2.21 bits per heavy atom. The van der Waals surface area contributed by atoms with Crippen molar-refractivity contribution in [3.8, 4) is 11.9 Å². The van der Waals surface area contributed by atoms with Crippen molar-refractivity contribution in [2.24, 2.45) is 0 Å². The smallest absolute Gasteiger partial charge is 0.185 e. The summed E-state index contributed by atoms with van der Waals surface area (Å²) in [5.41, 5.74) is -1.80. The number of para-hydroxylation sites is 1. The molecule has 5 heteroatoms. The van der Waals surface area contributed by atoms with Crippen LogP contribution in [0.25, 0.3) is 0 Å². The third-order valence-corrected chi connectivity index (χ3v) is 5.65. The highest BCUT2D eigenvalue weighted by atomic mass is 16.5. The Kier molecular flexibility index (Phi) is 4.05. The normalized spacial score (nSPS) is 28.9. The van der Waals surface area contributed by atoms with Gasteiger partial charge in [0.25, 0.3) is 0 Å². The van der Waals surface area contributed by atoms with Crippen LogP contribution in [-0.2, 0) is 0 Å². The fourth-order valence-corrected chi connectivity index (χ4v) is 3.98. The Morgan fingerprint density at radius 1 is 1.17 bits per heavy atom. The van der Waals surface area contributed by atoms with Gasteiger partial charge in [0.2, 0.25) is 0 Å². The highest BCUT2D eigenvalue weighted by Crippen LogP contribution is 2.50. The molecule has 0 spiro atoms. The maximum absolute atomic E-state index is 10.4. The first kappa shape index (κ1) is 16.8. The van der Waals surface area contributed by atoms with Gasteiger partial charge in [-0.15, -0.1) is 0 Å². The van der Waals surface area contributed by atoms with Crippen molar-refractivity contribution in [2.75, 3.05) is 0 Å². The highest BCUT2D eigenvalue weighted by molar-refractivity contribution is 5.89. The van der Waals surface area contributed by atoms with Crippen molar-refractivity contribution in [1.29, 1.82) is 10.7 Å². The minimum absolute atomic E-state index is 0.182. The summed E-state index contributed by atoms with van der Waals surface area (Å²) < 4.78 is 5.99. The second-order valence-electron chi connectivity index (χ2n) is 7.66. The van der Waals surface area contributed by atoms with E-state index in [1.165, 1.54) is 0 Å². The molecule has 2 bridgehead atoms. The lowest BCUT2D eigenvalue weighted by Gasteiger charge is -2.54. The Balaban J connectivity index is 1.80. The highest BCUT2D eigenvalue weighted by Gasteiger charge is 2.53. The van der Waals surface area contributed by atoms with Gasteiger partial charge in [0, 0.05) is 0 Å². The lowest BCUT2D eigenvalue weighted by molar-refractivity contribution is -0.0883. The minimum atomic E-state index is -0.906. The summed E-state index contributed by atoms with van der Waals surface area (Å²) in [6.07, 6.45) is 6.61. The molecule has 3 fully saturated rings. The quantitative estimate of drug-likeness (QED) is 0.384. The molecule has 0 atom stereocenters. The summed E-state index contributed by atoms with van der Waals surface area (Å²) >= 11 is 0. The number of amidine groups is 1. The van der Waals surface area contributed by atoms with E-state index >= 15 is 0 Å². The zero-order valence-electron chi connectivity index (χ0n) is 14.4. The molecule has 24 heavy (non-hydrogen) atoms. The van der Waals surface area contributed by atoms with Crippen molar-refractivity contribution >= 4 is 5.84 Å². The van der Waals surface area contributed by atoms with Crippen molar-refractivity contribution in [2.45, 2.75) is 69.1 Å². The van der Waals surface area contributed by atoms with Crippen molar-refractivity contribution in [1.82, 2.24) is 4.90 Å². The van der Waals surface area contributed by atoms with E-state index < -0.39 is 11.2 Å². The molecule has 1 aromatic rings. The Bertz CT molecular complexity index is 638. The lowest BCUT2D eigenvalue weighted by atomic mass is 9.62. The Hall–Kier alpha value is -2.06. The zero-order valence-corrected chi connectivity index (χ0v) is 14.4. The Morgan fingerprint density at radius 2 is 1.71 bits per heavy atom. The van der Waals surface area contributed by atoms with Gasteiger partial charge in [0.05, 0.1) is 11.1 Å². The monoisotopic (exact) mass is 327 g/mol. The van der Waals surface area contributed by atoms with Gasteiger partial charge in [-0.2, -0.15) is 5.26 Å². The fraction of sp³-hybridized carbons (Fsp3) is 0.579. The first-order valence-corrected chi connectivity index (χ1v) is 8.56. The molecule has 2 N–H and O–H groups in total. The van der Waals surface area contributed by atoms with Crippen molar-refractivity contribution < 1.29 is 9.84 Å². The molecular formula is C19H25N3O2. The first-order valence-electron chi connectivity index (χ1n) is 8.56. The van der Waals surface area contributed by atoms with Gasteiger partial charge in [-0.1, -0.05) is 18.2 Å². The van der Waals surface area contributed by atoms with E-state index in [9.17, 15) is 10.4 Å². The molecule has 0 saturated heterocycles. The van der Waals surface area contributed by atoms with Crippen LogP contribution in [0, 0.1) is 16.9 Å². The molecular weight excluding hydrogens is 302 g/mol. The predicted molar refractivity (Wildman–Crippen MR) is 91.7 cm³/mol. The fourth-order valence-electron chi connectivity index (χ4n) is 3.98. The van der Waals surface area contributed by atoms with Gasteiger partial charge in [0.15, 0.2) is 17.6 Å². The van der Waals surface area contributed by atoms with Crippen molar-refractivity contribution in [3.05, 3.63) is 30.3 Å². The molecule has 3 aliphatic carbocycles. The minimum Gasteiger partial charge on any atom is -0.480 e. The van der Waals surface area contributed by atoms with Crippen LogP contribution in [0.4, 0.5) is 0 Å². The van der Waals surface area contributed by atoms with Gasteiger partial charge < -0.3 is 9.84 Å². The van der Waals surface area contributed by atoms with Gasteiger partial charge in [-0.05, 0) is 64.5 Å². The van der Waals surface area contributed by atoms with E-state index in [0.29, 0.717) is 25.0 Å². The summed E-state index contributed by atoms with van der Waals surface area (Å²) in [4.78, 5) is 1.55. The predicted octanol–water partition coefficient (Wildman–Crippen LogP) is 3.44. The number of rotatable bonds is 4. The summed E-state index contributed by atoms with van der Waals surface area (Å²) in [5, 5.41) is 28.8. The number of benzene rings is 1. The first-order chi connectivity index (χ1) is 11.3. The second kappa shape index (κ2) is 5.78. The topological polar surface area (TPSA) is 80.3 Å².